The lowest BCUT2D eigenvalue weighted by Gasteiger charge is -2.10. The van der Waals surface area contributed by atoms with Crippen LogP contribution in [0.15, 0.2) is 30.5 Å². The van der Waals surface area contributed by atoms with Gasteiger partial charge in [0.1, 0.15) is 0 Å². The number of anilines is 2. The summed E-state index contributed by atoms with van der Waals surface area (Å²) in [4.78, 5) is 4.39. The van der Waals surface area contributed by atoms with Crippen LogP contribution in [0.5, 0.6) is 0 Å². The summed E-state index contributed by atoms with van der Waals surface area (Å²) in [6.45, 7) is 1.21. The smallest absolute Gasteiger partial charge is 0.0953 e. The number of rotatable bonds is 7. The van der Waals surface area contributed by atoms with Crippen LogP contribution in [0.3, 0.4) is 0 Å². The third-order valence-electron chi connectivity index (χ3n) is 3.20. The number of unbranched alkanes of at least 4 members (excludes halogenated alkanes) is 3. The van der Waals surface area contributed by atoms with Gasteiger partial charge in [0.15, 0.2) is 0 Å². The number of nitrogens with two attached hydrogens (primary N) is 1. The van der Waals surface area contributed by atoms with E-state index in [1.807, 2.05) is 24.3 Å². The van der Waals surface area contributed by atoms with Gasteiger partial charge in [-0.1, -0.05) is 12.8 Å². The van der Waals surface area contributed by atoms with E-state index >= 15 is 0 Å². The summed E-state index contributed by atoms with van der Waals surface area (Å²) in [7, 11) is 0. The van der Waals surface area contributed by atoms with E-state index in [4.69, 9.17) is 10.8 Å². The van der Waals surface area contributed by atoms with Crippen LogP contribution < -0.4 is 11.1 Å². The van der Waals surface area contributed by atoms with Gasteiger partial charge in [0.05, 0.1) is 11.2 Å². The van der Waals surface area contributed by atoms with Crippen molar-refractivity contribution in [2.45, 2.75) is 25.7 Å². The largest absolute Gasteiger partial charge is 0.398 e. The number of nitrogens with zero attached hydrogens (tertiary/aromatic N) is 1. The topological polar surface area (TPSA) is 71.2 Å². The quantitative estimate of drug-likeness (QED) is 0.528. The number of nitrogens with one attached hydrogen (secondary N) is 1. The van der Waals surface area contributed by atoms with Crippen molar-refractivity contribution in [3.63, 3.8) is 0 Å². The van der Waals surface area contributed by atoms with E-state index in [0.29, 0.717) is 6.61 Å². The fourth-order valence-corrected chi connectivity index (χ4v) is 2.15. The molecule has 0 unspecified atom stereocenters. The Hall–Kier alpha value is -1.81. The van der Waals surface area contributed by atoms with E-state index in [1.165, 1.54) is 0 Å². The molecule has 19 heavy (non-hydrogen) atoms. The maximum Gasteiger partial charge on any atom is 0.0953 e. The highest BCUT2D eigenvalue weighted by Crippen LogP contribution is 2.26. The van der Waals surface area contributed by atoms with Gasteiger partial charge < -0.3 is 16.2 Å². The average Bonchev–Trinajstić information content (AvgIpc) is 2.45. The molecular weight excluding hydrogens is 238 g/mol. The maximum absolute atomic E-state index is 8.71. The summed E-state index contributed by atoms with van der Waals surface area (Å²) in [5.41, 5.74) is 8.67. The van der Waals surface area contributed by atoms with E-state index in [9.17, 15) is 0 Å². The molecule has 4 nitrogen and oxygen atoms in total. The van der Waals surface area contributed by atoms with Crippen LogP contribution in [-0.2, 0) is 0 Å². The van der Waals surface area contributed by atoms with Gasteiger partial charge >= 0.3 is 0 Å². The first-order valence-electron chi connectivity index (χ1n) is 6.81. The van der Waals surface area contributed by atoms with Crippen LogP contribution in [0, 0.1) is 0 Å². The van der Waals surface area contributed by atoms with Crippen molar-refractivity contribution >= 4 is 22.3 Å². The van der Waals surface area contributed by atoms with Gasteiger partial charge in [-0.15, -0.1) is 0 Å². The molecule has 0 aliphatic rings. The molecule has 0 radical (unpaired) electrons. The predicted molar refractivity (Wildman–Crippen MR) is 80.2 cm³/mol. The Balaban J connectivity index is 1.96. The normalized spacial score (nSPS) is 10.8. The summed E-state index contributed by atoms with van der Waals surface area (Å²) in [6.07, 6.45) is 5.99. The fraction of sp³-hybridized carbons (Fsp3) is 0.400. The summed E-state index contributed by atoms with van der Waals surface area (Å²) in [6, 6.07) is 7.79. The lowest BCUT2D eigenvalue weighted by atomic mass is 10.1. The molecule has 0 amide bonds. The maximum atomic E-state index is 8.71. The molecule has 0 bridgehead atoms. The molecule has 1 aromatic heterocycles. The van der Waals surface area contributed by atoms with Crippen molar-refractivity contribution in [1.82, 2.24) is 4.98 Å². The first-order chi connectivity index (χ1) is 9.33. The van der Waals surface area contributed by atoms with Crippen LogP contribution in [0.2, 0.25) is 0 Å². The predicted octanol–water partition coefficient (Wildman–Crippen LogP) is 2.78. The highest BCUT2D eigenvalue weighted by molar-refractivity contribution is 5.98. The number of aliphatic hydroxyl groups is 1. The van der Waals surface area contributed by atoms with Crippen molar-refractivity contribution in [2.75, 3.05) is 24.2 Å². The standard InChI is InChI=1S/C15H21N3O/c16-13-7-8-14(15-12(13)6-5-10-18-15)17-9-3-1-2-4-11-19/h5-8,10,17,19H,1-4,9,11,16H2. The highest BCUT2D eigenvalue weighted by atomic mass is 16.2. The summed E-state index contributed by atoms with van der Waals surface area (Å²) < 4.78 is 0. The Morgan fingerprint density at radius 3 is 2.79 bits per heavy atom. The summed E-state index contributed by atoms with van der Waals surface area (Å²) in [5, 5.41) is 13.1. The van der Waals surface area contributed by atoms with Gasteiger partial charge in [0, 0.05) is 30.4 Å². The number of nitrogen functional groups attached to an aromatic ring is 1. The number of aliphatic hydroxyl groups excluding tert-OH is 1. The third kappa shape index (κ3) is 3.58. The monoisotopic (exact) mass is 259 g/mol. The van der Waals surface area contributed by atoms with Gasteiger partial charge in [-0.05, 0) is 37.1 Å². The van der Waals surface area contributed by atoms with Crippen LogP contribution >= 0.6 is 0 Å². The van der Waals surface area contributed by atoms with E-state index < -0.39 is 0 Å². The Bertz CT molecular complexity index is 528. The Kier molecular flexibility index (Phi) is 4.98. The molecular formula is C15H21N3O. The van der Waals surface area contributed by atoms with Crippen LogP contribution in [0.1, 0.15) is 25.7 Å². The molecule has 102 valence electrons. The third-order valence-corrected chi connectivity index (χ3v) is 3.20. The van der Waals surface area contributed by atoms with Gasteiger partial charge in [-0.2, -0.15) is 0 Å². The molecule has 0 saturated heterocycles. The Labute approximate surface area is 113 Å². The van der Waals surface area contributed by atoms with Crippen LogP contribution in [-0.4, -0.2) is 23.2 Å². The number of aromatic nitrogens is 1. The Morgan fingerprint density at radius 1 is 1.11 bits per heavy atom. The molecule has 0 fully saturated rings. The van der Waals surface area contributed by atoms with Gasteiger partial charge in [0.2, 0.25) is 0 Å². The highest BCUT2D eigenvalue weighted by Gasteiger charge is 2.04. The van der Waals surface area contributed by atoms with Crippen LogP contribution in [0.4, 0.5) is 11.4 Å². The van der Waals surface area contributed by atoms with Gasteiger partial charge in [-0.25, -0.2) is 0 Å². The second-order valence-electron chi connectivity index (χ2n) is 4.67. The molecule has 1 aromatic carbocycles. The minimum Gasteiger partial charge on any atom is -0.398 e. The zero-order chi connectivity index (χ0) is 13.5. The molecule has 2 aromatic rings. The van der Waals surface area contributed by atoms with Crippen molar-refractivity contribution in [1.29, 1.82) is 0 Å². The van der Waals surface area contributed by atoms with Crippen molar-refractivity contribution in [3.8, 4) is 0 Å². The molecule has 0 aliphatic carbocycles. The molecule has 4 heteroatoms. The summed E-state index contributed by atoms with van der Waals surface area (Å²) >= 11 is 0. The molecule has 4 N–H and O–H groups in total. The van der Waals surface area contributed by atoms with E-state index in [-0.39, 0.29) is 0 Å². The average molecular weight is 259 g/mol. The van der Waals surface area contributed by atoms with Gasteiger partial charge in [0.25, 0.3) is 0 Å². The summed E-state index contributed by atoms with van der Waals surface area (Å²) in [5.74, 6) is 0. The molecule has 1 heterocycles. The van der Waals surface area contributed by atoms with Crippen molar-refractivity contribution < 1.29 is 5.11 Å². The first kappa shape index (κ1) is 13.6. The zero-order valence-electron chi connectivity index (χ0n) is 11.1. The number of hydrogen-bond acceptors (Lipinski definition) is 4. The minimum atomic E-state index is 0.292. The lowest BCUT2D eigenvalue weighted by molar-refractivity contribution is 0.283. The molecule has 2 rings (SSSR count). The van der Waals surface area contributed by atoms with E-state index in [1.54, 1.807) is 6.20 Å². The number of benzene rings is 1. The van der Waals surface area contributed by atoms with Crippen molar-refractivity contribution in [2.24, 2.45) is 0 Å². The molecule has 0 spiro atoms. The number of pyridine rings is 1. The van der Waals surface area contributed by atoms with Crippen molar-refractivity contribution in [3.05, 3.63) is 30.5 Å². The molecule has 0 aliphatic heterocycles. The lowest BCUT2D eigenvalue weighted by Crippen LogP contribution is -2.03. The first-order valence-corrected chi connectivity index (χ1v) is 6.81. The van der Waals surface area contributed by atoms with Crippen LogP contribution in [0.25, 0.3) is 10.9 Å². The SMILES string of the molecule is Nc1ccc(NCCCCCCO)c2ncccc12. The number of hydrogen-bond donors (Lipinski definition) is 3. The fourth-order valence-electron chi connectivity index (χ4n) is 2.15. The second-order valence-corrected chi connectivity index (χ2v) is 4.67. The minimum absolute atomic E-state index is 0.292. The molecule has 0 atom stereocenters. The van der Waals surface area contributed by atoms with E-state index in [2.05, 4.69) is 10.3 Å². The Morgan fingerprint density at radius 2 is 1.95 bits per heavy atom. The number of fused-ring (bicyclic) bond motifs is 1. The van der Waals surface area contributed by atoms with Gasteiger partial charge in [-0.3, -0.25) is 4.98 Å². The molecule has 0 saturated carbocycles. The second kappa shape index (κ2) is 6.95. The van der Waals surface area contributed by atoms with E-state index in [0.717, 1.165) is 54.5 Å². The zero-order valence-corrected chi connectivity index (χ0v) is 11.1.